The maximum absolute atomic E-state index is 13.0. The first-order chi connectivity index (χ1) is 17.9. The predicted octanol–water partition coefficient (Wildman–Crippen LogP) is 4.20. The number of amides is 1. The van der Waals surface area contributed by atoms with E-state index in [0.717, 1.165) is 54.9 Å². The number of aliphatic imine (C=N–C) groups is 2. The van der Waals surface area contributed by atoms with Gasteiger partial charge in [0, 0.05) is 62.1 Å². The van der Waals surface area contributed by atoms with E-state index in [0.29, 0.717) is 23.1 Å². The minimum Gasteiger partial charge on any atom is -0.491 e. The molecule has 0 saturated carbocycles. The van der Waals surface area contributed by atoms with Crippen molar-refractivity contribution in [2.24, 2.45) is 9.98 Å². The van der Waals surface area contributed by atoms with Crippen LogP contribution in [0.25, 0.3) is 10.9 Å². The Hall–Kier alpha value is -3.98. The number of ether oxygens (including phenoxy) is 1. The summed E-state index contributed by atoms with van der Waals surface area (Å²) in [6.07, 6.45) is 4.36. The van der Waals surface area contributed by atoms with Crippen molar-refractivity contribution in [2.75, 3.05) is 45.6 Å². The minimum absolute atomic E-state index is 0.0295. The van der Waals surface area contributed by atoms with Crippen LogP contribution in [0.2, 0.25) is 0 Å². The van der Waals surface area contributed by atoms with Crippen molar-refractivity contribution in [3.05, 3.63) is 66.6 Å². The van der Waals surface area contributed by atoms with Crippen molar-refractivity contribution in [1.29, 1.82) is 0 Å². The Morgan fingerprint density at radius 2 is 2.03 bits per heavy atom. The van der Waals surface area contributed by atoms with E-state index in [1.165, 1.54) is 0 Å². The number of hydrogen-bond acceptors (Lipinski definition) is 5. The lowest BCUT2D eigenvalue weighted by molar-refractivity contribution is 0.0659. The SMILES string of the molecule is C=C/C(=N\C(=NC)Nc1ccc2[nH]c(C(=O)N3CCN(C)CC3)cc2c1)c1cc(O[C@H](C)CC)ccn1. The Kier molecular flexibility index (Phi) is 8.35. The number of likely N-dealkylation sites (N-methyl/N-ethyl adjacent to an activating group) is 1. The zero-order chi connectivity index (χ0) is 26.4. The number of H-pyrrole nitrogens is 1. The van der Waals surface area contributed by atoms with Crippen LogP contribution in [0.4, 0.5) is 5.69 Å². The molecule has 1 aliphatic heterocycles. The third-order valence-corrected chi connectivity index (χ3v) is 6.44. The van der Waals surface area contributed by atoms with Crippen LogP contribution in [0.1, 0.15) is 36.5 Å². The highest BCUT2D eigenvalue weighted by molar-refractivity contribution is 6.14. The Labute approximate surface area is 218 Å². The molecule has 4 rings (SSSR count). The topological polar surface area (TPSA) is 98.2 Å². The van der Waals surface area contributed by atoms with E-state index < -0.39 is 0 Å². The fourth-order valence-electron chi connectivity index (χ4n) is 4.03. The molecule has 194 valence electrons. The van der Waals surface area contributed by atoms with Crippen molar-refractivity contribution < 1.29 is 9.53 Å². The van der Waals surface area contributed by atoms with Gasteiger partial charge in [0.05, 0.1) is 17.5 Å². The molecule has 1 aromatic carbocycles. The quantitative estimate of drug-likeness (QED) is 0.374. The molecule has 1 amide bonds. The maximum atomic E-state index is 13.0. The number of anilines is 1. The number of benzene rings is 1. The van der Waals surface area contributed by atoms with Gasteiger partial charge in [0.2, 0.25) is 5.96 Å². The summed E-state index contributed by atoms with van der Waals surface area (Å²) >= 11 is 0. The molecule has 0 unspecified atom stereocenters. The monoisotopic (exact) mass is 501 g/mol. The fourth-order valence-corrected chi connectivity index (χ4v) is 4.03. The first-order valence-electron chi connectivity index (χ1n) is 12.6. The number of nitrogens with one attached hydrogen (secondary N) is 2. The molecule has 1 saturated heterocycles. The number of nitrogens with zero attached hydrogens (tertiary/aromatic N) is 5. The molecule has 9 heteroatoms. The summed E-state index contributed by atoms with van der Waals surface area (Å²) in [6, 6.07) is 11.4. The van der Waals surface area contributed by atoms with Gasteiger partial charge in [-0.15, -0.1) is 0 Å². The number of carbonyl (C=O) groups excluding carboxylic acids is 1. The number of aromatic amines is 1. The van der Waals surface area contributed by atoms with Gasteiger partial charge in [-0.2, -0.15) is 0 Å². The molecule has 9 nitrogen and oxygen atoms in total. The maximum Gasteiger partial charge on any atom is 0.270 e. The summed E-state index contributed by atoms with van der Waals surface area (Å²) in [6.45, 7) is 11.3. The third kappa shape index (κ3) is 6.42. The van der Waals surface area contributed by atoms with Gasteiger partial charge >= 0.3 is 0 Å². The fraction of sp³-hybridized carbons (Fsp3) is 0.357. The summed E-state index contributed by atoms with van der Waals surface area (Å²) in [5.41, 5.74) is 3.52. The normalized spacial score (nSPS) is 16.1. The lowest BCUT2D eigenvalue weighted by atomic mass is 10.2. The number of pyridine rings is 1. The number of fused-ring (bicyclic) bond motifs is 1. The van der Waals surface area contributed by atoms with Crippen molar-refractivity contribution in [2.45, 2.75) is 26.4 Å². The Balaban J connectivity index is 1.51. The van der Waals surface area contributed by atoms with E-state index in [1.54, 1.807) is 19.3 Å². The van der Waals surface area contributed by atoms with Gasteiger partial charge in [0.1, 0.15) is 11.4 Å². The number of guanidine groups is 1. The molecular weight excluding hydrogens is 466 g/mol. The average Bonchev–Trinajstić information content (AvgIpc) is 3.34. The summed E-state index contributed by atoms with van der Waals surface area (Å²) in [5, 5.41) is 4.19. The summed E-state index contributed by atoms with van der Waals surface area (Å²) in [4.78, 5) is 33.7. The molecule has 2 N–H and O–H groups in total. The lowest BCUT2D eigenvalue weighted by Crippen LogP contribution is -2.47. The van der Waals surface area contributed by atoms with E-state index in [9.17, 15) is 4.79 Å². The first kappa shape index (κ1) is 26.1. The van der Waals surface area contributed by atoms with Crippen molar-refractivity contribution in [3.63, 3.8) is 0 Å². The van der Waals surface area contributed by atoms with Crippen LogP contribution in [-0.2, 0) is 0 Å². The van der Waals surface area contributed by atoms with Gasteiger partial charge < -0.3 is 24.8 Å². The van der Waals surface area contributed by atoms with Crippen LogP contribution in [0, 0.1) is 0 Å². The first-order valence-corrected chi connectivity index (χ1v) is 12.6. The van der Waals surface area contributed by atoms with Gasteiger partial charge in [0.15, 0.2) is 0 Å². The molecule has 1 atom stereocenters. The lowest BCUT2D eigenvalue weighted by Gasteiger charge is -2.32. The van der Waals surface area contributed by atoms with Gasteiger partial charge in [-0.1, -0.05) is 13.5 Å². The molecular formula is C28H35N7O2. The smallest absolute Gasteiger partial charge is 0.270 e. The second-order valence-corrected chi connectivity index (χ2v) is 9.17. The Bertz CT molecular complexity index is 1320. The molecule has 3 heterocycles. The molecule has 0 bridgehead atoms. The summed E-state index contributed by atoms with van der Waals surface area (Å²) in [7, 11) is 3.75. The highest BCUT2D eigenvalue weighted by Crippen LogP contribution is 2.22. The van der Waals surface area contributed by atoms with E-state index in [4.69, 9.17) is 4.74 Å². The largest absolute Gasteiger partial charge is 0.491 e. The molecule has 3 aromatic rings. The van der Waals surface area contributed by atoms with E-state index >= 15 is 0 Å². The van der Waals surface area contributed by atoms with Crippen molar-refractivity contribution >= 4 is 34.2 Å². The van der Waals surface area contributed by atoms with Crippen LogP contribution < -0.4 is 10.1 Å². The number of piperazine rings is 1. The van der Waals surface area contributed by atoms with E-state index in [-0.39, 0.29) is 12.0 Å². The van der Waals surface area contributed by atoms with Crippen molar-refractivity contribution in [1.82, 2.24) is 19.8 Å². The molecule has 0 radical (unpaired) electrons. The molecule has 0 spiro atoms. The van der Waals surface area contributed by atoms with Crippen LogP contribution in [-0.4, -0.2) is 83.7 Å². The number of carbonyl (C=O) groups is 1. The van der Waals surface area contributed by atoms with Gasteiger partial charge in [-0.25, -0.2) is 4.99 Å². The number of rotatable bonds is 7. The molecule has 2 aromatic heterocycles. The molecule has 37 heavy (non-hydrogen) atoms. The third-order valence-electron chi connectivity index (χ3n) is 6.44. The highest BCUT2D eigenvalue weighted by Gasteiger charge is 2.21. The van der Waals surface area contributed by atoms with E-state index in [2.05, 4.69) is 50.7 Å². The average molecular weight is 502 g/mol. The van der Waals surface area contributed by atoms with Gasteiger partial charge in [-0.05, 0) is 56.8 Å². The van der Waals surface area contributed by atoms with Gasteiger partial charge in [0.25, 0.3) is 5.91 Å². The zero-order valence-corrected chi connectivity index (χ0v) is 22.0. The van der Waals surface area contributed by atoms with Crippen LogP contribution in [0.3, 0.4) is 0 Å². The Morgan fingerprint density at radius 3 is 2.73 bits per heavy atom. The van der Waals surface area contributed by atoms with Crippen LogP contribution >= 0.6 is 0 Å². The van der Waals surface area contributed by atoms with Gasteiger partial charge in [-0.3, -0.25) is 14.8 Å². The summed E-state index contributed by atoms with van der Waals surface area (Å²) in [5.74, 6) is 1.17. The highest BCUT2D eigenvalue weighted by atomic mass is 16.5. The molecule has 1 aliphatic rings. The van der Waals surface area contributed by atoms with Crippen LogP contribution in [0.5, 0.6) is 5.75 Å². The van der Waals surface area contributed by atoms with E-state index in [1.807, 2.05) is 48.2 Å². The molecule has 0 aliphatic carbocycles. The number of aromatic nitrogens is 2. The summed E-state index contributed by atoms with van der Waals surface area (Å²) < 4.78 is 5.92. The van der Waals surface area contributed by atoms with Crippen LogP contribution in [0.15, 0.2) is 65.2 Å². The van der Waals surface area contributed by atoms with Crippen molar-refractivity contribution in [3.8, 4) is 5.75 Å². The number of hydrogen-bond donors (Lipinski definition) is 2. The second kappa shape index (κ2) is 11.8. The second-order valence-electron chi connectivity index (χ2n) is 9.17. The Morgan fingerprint density at radius 1 is 1.24 bits per heavy atom. The standard InChI is InChI=1S/C28H35N7O2/c1-6-19(3)37-22-10-11-30-25(18-22)23(7-2)33-28(29-4)31-21-8-9-24-20(16-21)17-26(32-24)27(36)35-14-12-34(5)13-15-35/h7-11,16-19,32H,2,6,12-15H2,1,3-5H3,(H,29,31)/b33-23+/t19-/m1/s1. The minimum atomic E-state index is 0.0295. The predicted molar refractivity (Wildman–Crippen MR) is 150 cm³/mol. The molecule has 1 fully saturated rings. The number of allylic oxidation sites excluding steroid dienone is 1. The zero-order valence-electron chi connectivity index (χ0n) is 22.0.